The summed E-state index contributed by atoms with van der Waals surface area (Å²) in [5, 5.41) is 12.2. The number of anilines is 1. The van der Waals surface area contributed by atoms with Crippen molar-refractivity contribution in [2.75, 3.05) is 5.32 Å². The maximum Gasteiger partial charge on any atom is 0.161 e. The number of halogens is 2. The predicted molar refractivity (Wildman–Crippen MR) is 78.4 cm³/mol. The van der Waals surface area contributed by atoms with Gasteiger partial charge in [-0.2, -0.15) is 5.26 Å². The summed E-state index contributed by atoms with van der Waals surface area (Å²) in [5.74, 6) is 0.924. The fraction of sp³-hybridized carbons (Fsp3) is 0.533. The number of hydrogen-bond donors (Lipinski definition) is 1. The van der Waals surface area contributed by atoms with Crippen molar-refractivity contribution in [3.05, 3.63) is 28.0 Å². The molecule has 0 aliphatic heterocycles. The fourth-order valence-electron chi connectivity index (χ4n) is 2.83. The average molecular weight is 325 g/mol. The van der Waals surface area contributed by atoms with E-state index in [1.807, 2.05) is 6.07 Å². The van der Waals surface area contributed by atoms with Gasteiger partial charge < -0.3 is 5.32 Å². The minimum atomic E-state index is -0.370. The van der Waals surface area contributed by atoms with Crippen molar-refractivity contribution < 1.29 is 4.39 Å². The second kappa shape index (κ2) is 5.92. The van der Waals surface area contributed by atoms with Crippen LogP contribution in [-0.2, 0) is 0 Å². The van der Waals surface area contributed by atoms with Gasteiger partial charge in [0.05, 0.1) is 15.7 Å². The van der Waals surface area contributed by atoms with Crippen LogP contribution in [0.1, 0.15) is 38.7 Å². The molecule has 1 saturated carbocycles. The van der Waals surface area contributed by atoms with Crippen LogP contribution in [0, 0.1) is 29.0 Å². The number of benzene rings is 1. The van der Waals surface area contributed by atoms with Gasteiger partial charge in [-0.05, 0) is 59.2 Å². The molecule has 19 heavy (non-hydrogen) atoms. The molecule has 2 nitrogen and oxygen atoms in total. The molecule has 102 valence electrons. The lowest BCUT2D eigenvalue weighted by molar-refractivity contribution is 0.276. The maximum absolute atomic E-state index is 14.1. The highest BCUT2D eigenvalue weighted by Crippen LogP contribution is 2.33. The lowest BCUT2D eigenvalue weighted by Crippen LogP contribution is -2.33. The molecule has 1 aliphatic rings. The maximum atomic E-state index is 14.1. The number of rotatable bonds is 2. The summed E-state index contributed by atoms with van der Waals surface area (Å²) in [5.41, 5.74) is 0.811. The summed E-state index contributed by atoms with van der Waals surface area (Å²) < 4.78 is 14.4. The highest BCUT2D eigenvalue weighted by Gasteiger charge is 2.26. The van der Waals surface area contributed by atoms with Crippen LogP contribution >= 0.6 is 15.9 Å². The molecular weight excluding hydrogens is 307 g/mol. The van der Waals surface area contributed by atoms with Crippen molar-refractivity contribution in [2.24, 2.45) is 11.8 Å². The molecule has 2 rings (SSSR count). The Bertz CT molecular complexity index is 510. The van der Waals surface area contributed by atoms with Gasteiger partial charge >= 0.3 is 0 Å². The van der Waals surface area contributed by atoms with Crippen LogP contribution in [0.15, 0.2) is 16.6 Å². The van der Waals surface area contributed by atoms with Crippen LogP contribution in [0.4, 0.5) is 10.1 Å². The third-order valence-electron chi connectivity index (χ3n) is 3.98. The quantitative estimate of drug-likeness (QED) is 0.856. The Morgan fingerprint density at radius 1 is 1.37 bits per heavy atom. The molecule has 1 aliphatic carbocycles. The summed E-state index contributed by atoms with van der Waals surface area (Å²) in [4.78, 5) is 0. The average Bonchev–Trinajstić information content (AvgIpc) is 2.38. The molecule has 0 heterocycles. The van der Waals surface area contributed by atoms with E-state index in [4.69, 9.17) is 5.26 Å². The van der Waals surface area contributed by atoms with Crippen LogP contribution in [0.2, 0.25) is 0 Å². The van der Waals surface area contributed by atoms with Crippen LogP contribution in [0.5, 0.6) is 0 Å². The molecule has 4 heteroatoms. The van der Waals surface area contributed by atoms with E-state index < -0.39 is 0 Å². The van der Waals surface area contributed by atoms with Gasteiger partial charge in [-0.15, -0.1) is 0 Å². The van der Waals surface area contributed by atoms with Crippen molar-refractivity contribution in [1.82, 2.24) is 0 Å². The third-order valence-corrected chi connectivity index (χ3v) is 4.75. The Balaban J connectivity index is 2.16. The lowest BCUT2D eigenvalue weighted by atomic mass is 9.80. The Morgan fingerprint density at radius 3 is 2.74 bits per heavy atom. The summed E-state index contributed by atoms with van der Waals surface area (Å²) in [6.45, 7) is 4.48. The first-order valence-corrected chi connectivity index (χ1v) is 7.46. The van der Waals surface area contributed by atoms with Crippen molar-refractivity contribution in [3.63, 3.8) is 0 Å². The van der Waals surface area contributed by atoms with Gasteiger partial charge in [0, 0.05) is 6.04 Å². The summed E-state index contributed by atoms with van der Waals surface area (Å²) in [6.07, 6.45) is 3.43. The van der Waals surface area contributed by atoms with Crippen molar-refractivity contribution in [1.29, 1.82) is 5.26 Å². The zero-order valence-electron chi connectivity index (χ0n) is 11.2. The van der Waals surface area contributed by atoms with Gasteiger partial charge in [0.1, 0.15) is 6.07 Å². The molecule has 1 aromatic carbocycles. The van der Waals surface area contributed by atoms with E-state index in [-0.39, 0.29) is 10.3 Å². The molecule has 0 spiro atoms. The lowest BCUT2D eigenvalue weighted by Gasteiger charge is -2.34. The Kier molecular flexibility index (Phi) is 4.46. The van der Waals surface area contributed by atoms with E-state index in [1.54, 1.807) is 12.1 Å². The fourth-order valence-corrected chi connectivity index (χ4v) is 3.26. The van der Waals surface area contributed by atoms with E-state index >= 15 is 0 Å². The second-order valence-corrected chi connectivity index (χ2v) is 6.34. The predicted octanol–water partition coefficient (Wildman–Crippen LogP) is 4.70. The molecule has 3 atom stereocenters. The zero-order chi connectivity index (χ0) is 14.0. The van der Waals surface area contributed by atoms with Crippen LogP contribution in [-0.4, -0.2) is 6.04 Å². The highest BCUT2D eigenvalue weighted by molar-refractivity contribution is 9.10. The monoisotopic (exact) mass is 324 g/mol. The smallest absolute Gasteiger partial charge is 0.161 e. The largest absolute Gasteiger partial charge is 0.380 e. The minimum absolute atomic E-state index is 0.247. The normalized spacial score (nSPS) is 26.8. The van der Waals surface area contributed by atoms with Gasteiger partial charge in [-0.1, -0.05) is 13.8 Å². The van der Waals surface area contributed by atoms with Crippen molar-refractivity contribution >= 4 is 21.6 Å². The SMILES string of the molecule is CC1CCC(Nc2ccc(C#N)c(Br)c2F)C(C)C1. The van der Waals surface area contributed by atoms with Crippen LogP contribution < -0.4 is 5.32 Å². The molecule has 0 amide bonds. The van der Waals surface area contributed by atoms with Crippen LogP contribution in [0.25, 0.3) is 0 Å². The molecule has 0 aromatic heterocycles. The van der Waals surface area contributed by atoms with E-state index in [9.17, 15) is 4.39 Å². The molecule has 0 bridgehead atoms. The first kappa shape index (κ1) is 14.3. The minimum Gasteiger partial charge on any atom is -0.380 e. The zero-order valence-corrected chi connectivity index (χ0v) is 12.8. The molecule has 0 radical (unpaired) electrons. The molecule has 0 saturated heterocycles. The molecule has 1 N–H and O–H groups in total. The molecule has 3 unspecified atom stereocenters. The first-order valence-electron chi connectivity index (χ1n) is 6.67. The van der Waals surface area contributed by atoms with E-state index in [2.05, 4.69) is 35.1 Å². The topological polar surface area (TPSA) is 35.8 Å². The van der Waals surface area contributed by atoms with Crippen molar-refractivity contribution in [2.45, 2.75) is 39.2 Å². The number of nitrogens with one attached hydrogen (secondary N) is 1. The Hall–Kier alpha value is -1.08. The van der Waals surface area contributed by atoms with E-state index in [0.29, 0.717) is 23.2 Å². The number of nitrogens with zero attached hydrogens (tertiary/aromatic N) is 1. The highest BCUT2D eigenvalue weighted by atomic mass is 79.9. The van der Waals surface area contributed by atoms with Crippen molar-refractivity contribution in [3.8, 4) is 6.07 Å². The Labute approximate surface area is 122 Å². The standard InChI is InChI=1S/C15H18BrFN2/c1-9-3-5-12(10(2)7-9)19-13-6-4-11(8-18)14(16)15(13)17/h4,6,9-10,12,19H,3,5,7H2,1-2H3. The summed E-state index contributed by atoms with van der Waals surface area (Å²) >= 11 is 3.14. The van der Waals surface area contributed by atoms with Gasteiger partial charge in [0.2, 0.25) is 0 Å². The third kappa shape index (κ3) is 3.09. The Morgan fingerprint density at radius 2 is 2.11 bits per heavy atom. The molecule has 1 fully saturated rings. The van der Waals surface area contributed by atoms with E-state index in [0.717, 1.165) is 12.3 Å². The molecule has 1 aromatic rings. The van der Waals surface area contributed by atoms with E-state index in [1.165, 1.54) is 12.8 Å². The summed E-state index contributed by atoms with van der Waals surface area (Å²) in [6, 6.07) is 5.58. The number of hydrogen-bond acceptors (Lipinski definition) is 2. The van der Waals surface area contributed by atoms with Gasteiger partial charge in [0.25, 0.3) is 0 Å². The first-order chi connectivity index (χ1) is 9.02. The van der Waals surface area contributed by atoms with Gasteiger partial charge in [0.15, 0.2) is 5.82 Å². The molecular formula is C15H18BrFN2. The van der Waals surface area contributed by atoms with Gasteiger partial charge in [-0.25, -0.2) is 4.39 Å². The second-order valence-electron chi connectivity index (χ2n) is 5.55. The number of nitriles is 1. The van der Waals surface area contributed by atoms with Crippen LogP contribution in [0.3, 0.4) is 0 Å². The summed E-state index contributed by atoms with van der Waals surface area (Å²) in [7, 11) is 0. The van der Waals surface area contributed by atoms with Gasteiger partial charge in [-0.3, -0.25) is 0 Å².